The van der Waals surface area contributed by atoms with Crippen molar-refractivity contribution in [2.24, 2.45) is 0 Å². The quantitative estimate of drug-likeness (QED) is 0.734. The highest BCUT2D eigenvalue weighted by atomic mass is 35.5. The Morgan fingerprint density at radius 3 is 2.55 bits per heavy atom. The van der Waals surface area contributed by atoms with Crippen LogP contribution < -0.4 is 4.90 Å². The lowest BCUT2D eigenvalue weighted by atomic mass is 9.91. The predicted octanol–water partition coefficient (Wildman–Crippen LogP) is 3.35. The fraction of sp³-hybridized carbons (Fsp3) is 0.542. The van der Waals surface area contributed by atoms with Gasteiger partial charge in [-0.05, 0) is 55.5 Å². The molecular formula is C24H30ClN5O. The lowest BCUT2D eigenvalue weighted by molar-refractivity contribution is 0.0763. The van der Waals surface area contributed by atoms with Gasteiger partial charge in [0.25, 0.3) is 5.91 Å². The third-order valence-corrected chi connectivity index (χ3v) is 7.52. The molecule has 0 bridgehead atoms. The number of benzene rings is 1. The fourth-order valence-corrected chi connectivity index (χ4v) is 4.94. The molecule has 1 aromatic carbocycles. The van der Waals surface area contributed by atoms with E-state index in [-0.39, 0.29) is 5.91 Å². The van der Waals surface area contributed by atoms with Crippen LogP contribution in [0.25, 0.3) is 0 Å². The Bertz CT molecular complexity index is 968. The molecule has 0 radical (unpaired) electrons. The zero-order valence-electron chi connectivity index (χ0n) is 18.2. The number of hydrogen-bond acceptors (Lipinski definition) is 5. The van der Waals surface area contributed by atoms with E-state index in [1.807, 2.05) is 30.2 Å². The van der Waals surface area contributed by atoms with Crippen molar-refractivity contribution in [3.05, 3.63) is 51.8 Å². The minimum Gasteiger partial charge on any atom is -0.338 e. The molecule has 1 saturated carbocycles. The normalized spacial score (nSPS) is 20.2. The average molecular weight is 440 g/mol. The summed E-state index contributed by atoms with van der Waals surface area (Å²) < 4.78 is 0. The summed E-state index contributed by atoms with van der Waals surface area (Å²) in [5.41, 5.74) is 3.89. The van der Waals surface area contributed by atoms with Crippen LogP contribution in [0.3, 0.4) is 0 Å². The van der Waals surface area contributed by atoms with Crippen LogP contribution in [-0.4, -0.2) is 71.0 Å². The van der Waals surface area contributed by atoms with Gasteiger partial charge in [0.05, 0.1) is 5.69 Å². The maximum absolute atomic E-state index is 13.0. The molecule has 2 aliphatic heterocycles. The number of halogens is 1. The smallest absolute Gasteiger partial charge is 0.253 e. The van der Waals surface area contributed by atoms with Gasteiger partial charge in [0.2, 0.25) is 5.95 Å². The summed E-state index contributed by atoms with van der Waals surface area (Å²) in [6.07, 6.45) is 7.65. The summed E-state index contributed by atoms with van der Waals surface area (Å²) >= 11 is 6.12. The van der Waals surface area contributed by atoms with Crippen molar-refractivity contribution in [3.63, 3.8) is 0 Å². The number of rotatable bonds is 3. The van der Waals surface area contributed by atoms with Gasteiger partial charge in [-0.2, -0.15) is 0 Å². The number of piperazine rings is 1. The number of carbonyl (C=O) groups is 1. The number of carbonyl (C=O) groups excluding carboxylic acids is 1. The van der Waals surface area contributed by atoms with E-state index in [2.05, 4.69) is 14.8 Å². The molecule has 164 valence electrons. The van der Waals surface area contributed by atoms with Crippen LogP contribution in [0.5, 0.6) is 0 Å². The van der Waals surface area contributed by atoms with Crippen LogP contribution in [0.1, 0.15) is 46.4 Å². The van der Waals surface area contributed by atoms with Gasteiger partial charge in [0, 0.05) is 68.5 Å². The Morgan fingerprint density at radius 1 is 1.06 bits per heavy atom. The van der Waals surface area contributed by atoms with Crippen molar-refractivity contribution in [1.82, 2.24) is 19.8 Å². The molecule has 6 nitrogen and oxygen atoms in total. The van der Waals surface area contributed by atoms with Gasteiger partial charge in [-0.1, -0.05) is 18.0 Å². The van der Waals surface area contributed by atoms with E-state index in [0.717, 1.165) is 62.3 Å². The second kappa shape index (κ2) is 8.75. The molecule has 0 N–H and O–H groups in total. The molecule has 0 spiro atoms. The predicted molar refractivity (Wildman–Crippen MR) is 123 cm³/mol. The minimum absolute atomic E-state index is 0.0628. The number of amides is 1. The van der Waals surface area contributed by atoms with Gasteiger partial charge in [-0.3, -0.25) is 9.69 Å². The molecule has 2 aromatic rings. The SMILES string of the molecule is Cc1cc(C(=O)N2CCc3cnc(N4CCN(C5CCC5)CC4)nc3CC2)ccc1Cl. The Labute approximate surface area is 189 Å². The molecule has 3 aliphatic rings. The number of nitrogens with zero attached hydrogens (tertiary/aromatic N) is 5. The monoisotopic (exact) mass is 439 g/mol. The van der Waals surface area contributed by atoms with E-state index in [1.165, 1.54) is 24.8 Å². The number of anilines is 1. The van der Waals surface area contributed by atoms with Gasteiger partial charge < -0.3 is 9.80 Å². The molecule has 5 rings (SSSR count). The lowest BCUT2D eigenvalue weighted by Gasteiger charge is -2.43. The van der Waals surface area contributed by atoms with Crippen molar-refractivity contribution in [2.45, 2.75) is 45.1 Å². The van der Waals surface area contributed by atoms with Crippen molar-refractivity contribution < 1.29 is 4.79 Å². The van der Waals surface area contributed by atoms with E-state index in [1.54, 1.807) is 6.07 Å². The molecule has 7 heteroatoms. The topological polar surface area (TPSA) is 52.6 Å². The number of hydrogen-bond donors (Lipinski definition) is 0. The highest BCUT2D eigenvalue weighted by molar-refractivity contribution is 6.31. The molecular weight excluding hydrogens is 410 g/mol. The van der Waals surface area contributed by atoms with Crippen LogP contribution in [0.4, 0.5) is 5.95 Å². The largest absolute Gasteiger partial charge is 0.338 e. The highest BCUT2D eigenvalue weighted by Gasteiger charge is 2.29. The first-order valence-corrected chi connectivity index (χ1v) is 11.9. The van der Waals surface area contributed by atoms with E-state index in [0.29, 0.717) is 23.7 Å². The van der Waals surface area contributed by atoms with Gasteiger partial charge in [-0.25, -0.2) is 9.97 Å². The van der Waals surface area contributed by atoms with Crippen LogP contribution in [-0.2, 0) is 12.8 Å². The van der Waals surface area contributed by atoms with Crippen LogP contribution >= 0.6 is 11.6 Å². The van der Waals surface area contributed by atoms with E-state index in [4.69, 9.17) is 16.6 Å². The summed E-state index contributed by atoms with van der Waals surface area (Å²) in [6, 6.07) is 6.31. The van der Waals surface area contributed by atoms with E-state index >= 15 is 0 Å². The molecule has 2 fully saturated rings. The molecule has 3 heterocycles. The third kappa shape index (κ3) is 4.28. The molecule has 1 aromatic heterocycles. The van der Waals surface area contributed by atoms with Crippen LogP contribution in [0.15, 0.2) is 24.4 Å². The summed E-state index contributed by atoms with van der Waals surface area (Å²) in [4.78, 5) is 29.5. The van der Waals surface area contributed by atoms with Crippen molar-refractivity contribution in [3.8, 4) is 0 Å². The van der Waals surface area contributed by atoms with Gasteiger partial charge >= 0.3 is 0 Å². The van der Waals surface area contributed by atoms with Crippen LogP contribution in [0.2, 0.25) is 5.02 Å². The maximum atomic E-state index is 13.0. The first-order chi connectivity index (χ1) is 15.1. The lowest BCUT2D eigenvalue weighted by Crippen LogP contribution is -2.52. The fourth-order valence-electron chi connectivity index (χ4n) is 4.82. The van der Waals surface area contributed by atoms with Crippen molar-refractivity contribution in [2.75, 3.05) is 44.2 Å². The van der Waals surface area contributed by atoms with Crippen LogP contribution in [0, 0.1) is 6.92 Å². The molecule has 1 aliphatic carbocycles. The van der Waals surface area contributed by atoms with Crippen molar-refractivity contribution in [1.29, 1.82) is 0 Å². The molecule has 1 saturated heterocycles. The Morgan fingerprint density at radius 2 is 1.84 bits per heavy atom. The second-order valence-corrected chi connectivity index (χ2v) is 9.41. The average Bonchev–Trinajstić information content (AvgIpc) is 2.97. The molecule has 0 unspecified atom stereocenters. The van der Waals surface area contributed by atoms with Crippen molar-refractivity contribution >= 4 is 23.5 Å². The third-order valence-electron chi connectivity index (χ3n) is 7.09. The van der Waals surface area contributed by atoms with Gasteiger partial charge in [0.1, 0.15) is 0 Å². The summed E-state index contributed by atoms with van der Waals surface area (Å²) in [5.74, 6) is 0.910. The second-order valence-electron chi connectivity index (χ2n) is 9.01. The number of fused-ring (bicyclic) bond motifs is 1. The molecule has 0 atom stereocenters. The number of aryl methyl sites for hydroxylation is 1. The molecule has 1 amide bonds. The minimum atomic E-state index is 0.0628. The zero-order chi connectivity index (χ0) is 21.4. The standard InChI is InChI=1S/C24H30ClN5O/c1-17-15-18(5-6-21(17)25)23(31)29-9-7-19-16-26-24(27-22(19)8-10-29)30-13-11-28(12-14-30)20-3-2-4-20/h5-6,15-16,20H,2-4,7-14H2,1H3. The summed E-state index contributed by atoms with van der Waals surface area (Å²) in [6.45, 7) is 7.50. The molecule has 31 heavy (non-hydrogen) atoms. The Hall–Kier alpha value is -2.18. The summed E-state index contributed by atoms with van der Waals surface area (Å²) in [7, 11) is 0. The number of aromatic nitrogens is 2. The Balaban J connectivity index is 1.24. The zero-order valence-corrected chi connectivity index (χ0v) is 18.9. The highest BCUT2D eigenvalue weighted by Crippen LogP contribution is 2.26. The first-order valence-electron chi connectivity index (χ1n) is 11.5. The maximum Gasteiger partial charge on any atom is 0.253 e. The van der Waals surface area contributed by atoms with E-state index < -0.39 is 0 Å². The first kappa shape index (κ1) is 20.7. The van der Waals surface area contributed by atoms with Gasteiger partial charge in [0.15, 0.2) is 0 Å². The Kier molecular flexibility index (Phi) is 5.85. The van der Waals surface area contributed by atoms with E-state index in [9.17, 15) is 4.79 Å². The summed E-state index contributed by atoms with van der Waals surface area (Å²) in [5, 5.41) is 0.691. The van der Waals surface area contributed by atoms with Gasteiger partial charge in [-0.15, -0.1) is 0 Å².